The van der Waals surface area contributed by atoms with Crippen LogP contribution in [0.2, 0.25) is 0 Å². The second-order valence-electron chi connectivity index (χ2n) is 4.00. The molecule has 0 bridgehead atoms. The van der Waals surface area contributed by atoms with Crippen molar-refractivity contribution in [2.45, 2.75) is 6.92 Å². The fraction of sp³-hybridized carbons (Fsp3) is 0.0625. The van der Waals surface area contributed by atoms with Crippen molar-refractivity contribution >= 4 is 22.5 Å². The molecule has 2 aromatic rings. The zero-order valence-corrected chi connectivity index (χ0v) is 11.0. The summed E-state index contributed by atoms with van der Waals surface area (Å²) in [6, 6.07) is 18.4. The minimum Gasteiger partial charge on any atom is -0.242 e. The van der Waals surface area contributed by atoms with Crippen LogP contribution in [-0.4, -0.2) is 5.17 Å². The molecule has 0 radical (unpaired) electrons. The van der Waals surface area contributed by atoms with Crippen LogP contribution in [0.25, 0.3) is 16.8 Å². The third-order valence-corrected chi connectivity index (χ3v) is 2.70. The van der Waals surface area contributed by atoms with Gasteiger partial charge in [-0.25, -0.2) is 4.99 Å². The molecule has 2 aromatic carbocycles. The summed E-state index contributed by atoms with van der Waals surface area (Å²) in [7, 11) is 0. The van der Waals surface area contributed by atoms with Gasteiger partial charge in [-0.05, 0) is 23.6 Å². The lowest BCUT2D eigenvalue weighted by molar-refractivity contribution is 1.51. The predicted octanol–water partition coefficient (Wildman–Crippen LogP) is 4.98. The van der Waals surface area contributed by atoms with Crippen LogP contribution in [-0.2, 0) is 0 Å². The van der Waals surface area contributed by atoms with Gasteiger partial charge in [0, 0.05) is 0 Å². The molecule has 18 heavy (non-hydrogen) atoms. The summed E-state index contributed by atoms with van der Waals surface area (Å²) in [5.41, 5.74) is 4.04. The lowest BCUT2D eigenvalue weighted by Crippen LogP contribution is -1.84. The molecule has 0 aliphatic heterocycles. The number of halogens is 1. The van der Waals surface area contributed by atoms with Gasteiger partial charge in [-0.1, -0.05) is 72.8 Å². The van der Waals surface area contributed by atoms with E-state index in [1.54, 1.807) is 6.92 Å². The first kappa shape index (κ1) is 12.6. The van der Waals surface area contributed by atoms with Crippen molar-refractivity contribution in [1.82, 2.24) is 0 Å². The molecule has 0 N–H and O–H groups in total. The quantitative estimate of drug-likeness (QED) is 0.686. The highest BCUT2D eigenvalue weighted by Gasteiger charge is 2.00. The van der Waals surface area contributed by atoms with Gasteiger partial charge in [0.05, 0.1) is 5.70 Å². The van der Waals surface area contributed by atoms with Crippen molar-refractivity contribution < 1.29 is 0 Å². The lowest BCUT2D eigenvalue weighted by atomic mass is 10.0. The molecule has 2 rings (SSSR count). The summed E-state index contributed by atoms with van der Waals surface area (Å²) in [6.45, 7) is 5.64. The molecule has 0 aliphatic rings. The van der Waals surface area contributed by atoms with Crippen molar-refractivity contribution in [3.8, 4) is 11.1 Å². The van der Waals surface area contributed by atoms with E-state index in [0.29, 0.717) is 10.9 Å². The number of nitrogens with zero attached hydrogens (tertiary/aromatic N) is 1. The number of hydrogen-bond acceptors (Lipinski definition) is 1. The summed E-state index contributed by atoms with van der Waals surface area (Å²) in [5, 5.41) is 0.493. The van der Waals surface area contributed by atoms with Crippen LogP contribution < -0.4 is 0 Å². The maximum Gasteiger partial charge on any atom is 0.103 e. The molecule has 1 nitrogen and oxygen atoms in total. The molecule has 0 aliphatic carbocycles. The number of hydrogen-bond donors (Lipinski definition) is 0. The highest BCUT2D eigenvalue weighted by molar-refractivity contribution is 6.65. The Labute approximate surface area is 112 Å². The maximum atomic E-state index is 5.74. The van der Waals surface area contributed by atoms with Gasteiger partial charge in [-0.2, -0.15) is 0 Å². The molecule has 0 saturated heterocycles. The molecule has 0 unspecified atom stereocenters. The molecule has 0 atom stereocenters. The first-order valence-corrected chi connectivity index (χ1v) is 6.10. The summed E-state index contributed by atoms with van der Waals surface area (Å²) < 4.78 is 0. The minimum absolute atomic E-state index is 0.493. The summed E-state index contributed by atoms with van der Waals surface area (Å²) >= 11 is 5.74. The molecule has 0 heterocycles. The average molecular weight is 256 g/mol. The van der Waals surface area contributed by atoms with E-state index >= 15 is 0 Å². The van der Waals surface area contributed by atoms with Gasteiger partial charge in [0.1, 0.15) is 5.17 Å². The fourth-order valence-electron chi connectivity index (χ4n) is 1.74. The van der Waals surface area contributed by atoms with Gasteiger partial charge in [0.15, 0.2) is 0 Å². The second-order valence-corrected chi connectivity index (χ2v) is 4.55. The summed E-state index contributed by atoms with van der Waals surface area (Å²) in [5.74, 6) is 0. The SMILES string of the molecule is C=C(N=C(C)Cl)c1ccc(-c2ccccc2)cc1. The number of benzene rings is 2. The van der Waals surface area contributed by atoms with E-state index in [0.717, 1.165) is 5.56 Å². The van der Waals surface area contributed by atoms with Crippen LogP contribution in [0.15, 0.2) is 66.2 Å². The van der Waals surface area contributed by atoms with Crippen molar-refractivity contribution in [3.05, 3.63) is 66.7 Å². The maximum absolute atomic E-state index is 5.74. The van der Waals surface area contributed by atoms with E-state index in [1.807, 2.05) is 30.3 Å². The van der Waals surface area contributed by atoms with E-state index in [9.17, 15) is 0 Å². The molecule has 90 valence electrons. The van der Waals surface area contributed by atoms with Gasteiger partial charge in [0.25, 0.3) is 0 Å². The van der Waals surface area contributed by atoms with Crippen LogP contribution in [0.3, 0.4) is 0 Å². The smallest absolute Gasteiger partial charge is 0.103 e. The number of aliphatic imine (C=N–C) groups is 1. The minimum atomic E-state index is 0.493. The topological polar surface area (TPSA) is 12.4 Å². The molecule has 2 heteroatoms. The fourth-order valence-corrected chi connectivity index (χ4v) is 1.84. The van der Waals surface area contributed by atoms with Gasteiger partial charge in [0.2, 0.25) is 0 Å². The first-order valence-electron chi connectivity index (χ1n) is 5.72. The molecule has 0 spiro atoms. The van der Waals surface area contributed by atoms with Gasteiger partial charge >= 0.3 is 0 Å². The van der Waals surface area contributed by atoms with Crippen LogP contribution in [0.4, 0.5) is 0 Å². The third-order valence-electron chi connectivity index (χ3n) is 2.61. The van der Waals surface area contributed by atoms with Crippen LogP contribution in [0.5, 0.6) is 0 Å². The van der Waals surface area contributed by atoms with Crippen LogP contribution >= 0.6 is 11.6 Å². The van der Waals surface area contributed by atoms with E-state index in [-0.39, 0.29) is 0 Å². The largest absolute Gasteiger partial charge is 0.242 e. The van der Waals surface area contributed by atoms with E-state index in [4.69, 9.17) is 11.6 Å². The highest BCUT2D eigenvalue weighted by Crippen LogP contribution is 2.22. The standard InChI is InChI=1S/C16H14ClN/c1-12(18-13(2)17)14-8-10-16(11-9-14)15-6-4-3-5-7-15/h3-11H,1H2,2H3. The van der Waals surface area contributed by atoms with Crippen molar-refractivity contribution in [3.63, 3.8) is 0 Å². The van der Waals surface area contributed by atoms with E-state index < -0.39 is 0 Å². The molecule has 0 saturated carbocycles. The summed E-state index contributed by atoms with van der Waals surface area (Å²) in [6.07, 6.45) is 0. The Balaban J connectivity index is 2.26. The van der Waals surface area contributed by atoms with E-state index in [2.05, 4.69) is 35.8 Å². The number of rotatable bonds is 3. The average Bonchev–Trinajstić information content (AvgIpc) is 2.39. The van der Waals surface area contributed by atoms with Crippen molar-refractivity contribution in [2.75, 3.05) is 0 Å². The first-order chi connectivity index (χ1) is 8.66. The van der Waals surface area contributed by atoms with Gasteiger partial charge in [-0.15, -0.1) is 0 Å². The van der Waals surface area contributed by atoms with Gasteiger partial charge < -0.3 is 0 Å². The molecule has 0 amide bonds. The zero-order chi connectivity index (χ0) is 13.0. The Morgan fingerprint density at radius 3 is 2.06 bits per heavy atom. The second kappa shape index (κ2) is 5.65. The third kappa shape index (κ3) is 3.08. The van der Waals surface area contributed by atoms with E-state index in [1.165, 1.54) is 11.1 Å². The Bertz CT molecular complexity index is 564. The zero-order valence-electron chi connectivity index (χ0n) is 10.2. The van der Waals surface area contributed by atoms with Crippen LogP contribution in [0, 0.1) is 0 Å². The normalized spacial score (nSPS) is 11.3. The highest BCUT2D eigenvalue weighted by atomic mass is 35.5. The summed E-state index contributed by atoms with van der Waals surface area (Å²) in [4.78, 5) is 4.14. The predicted molar refractivity (Wildman–Crippen MR) is 79.9 cm³/mol. The molecular formula is C16H14ClN. The monoisotopic (exact) mass is 255 g/mol. The van der Waals surface area contributed by atoms with Crippen molar-refractivity contribution in [2.24, 2.45) is 4.99 Å². The molecule has 0 fully saturated rings. The van der Waals surface area contributed by atoms with Crippen molar-refractivity contribution in [1.29, 1.82) is 0 Å². The lowest BCUT2D eigenvalue weighted by Gasteiger charge is -2.04. The Kier molecular flexibility index (Phi) is 3.96. The van der Waals surface area contributed by atoms with Crippen LogP contribution in [0.1, 0.15) is 12.5 Å². The Morgan fingerprint density at radius 2 is 1.50 bits per heavy atom. The van der Waals surface area contributed by atoms with Gasteiger partial charge in [-0.3, -0.25) is 0 Å². The molecular weight excluding hydrogens is 242 g/mol. The Morgan fingerprint density at radius 1 is 0.944 bits per heavy atom. The molecule has 0 aromatic heterocycles. The Hall–Kier alpha value is -1.86.